The zero-order chi connectivity index (χ0) is 14.5. The van der Waals surface area contributed by atoms with Crippen molar-refractivity contribution in [1.29, 1.82) is 0 Å². The van der Waals surface area contributed by atoms with Gasteiger partial charge in [0.1, 0.15) is 5.75 Å². The molecule has 0 saturated carbocycles. The fourth-order valence-corrected chi connectivity index (χ4v) is 2.88. The Morgan fingerprint density at radius 1 is 1.35 bits per heavy atom. The van der Waals surface area contributed by atoms with Crippen LogP contribution in [0, 0.1) is 0 Å². The second-order valence-electron chi connectivity index (χ2n) is 4.73. The van der Waals surface area contributed by atoms with E-state index in [2.05, 4.69) is 10.2 Å². The van der Waals surface area contributed by atoms with Gasteiger partial charge in [-0.1, -0.05) is 23.2 Å². The van der Waals surface area contributed by atoms with E-state index >= 15 is 0 Å². The van der Waals surface area contributed by atoms with E-state index in [1.165, 1.54) is 7.11 Å². The van der Waals surface area contributed by atoms with Crippen molar-refractivity contribution >= 4 is 29.0 Å². The van der Waals surface area contributed by atoms with Gasteiger partial charge in [0, 0.05) is 44.2 Å². The molecular formula is C14H18Cl2N2O2. The topological polar surface area (TPSA) is 41.6 Å². The van der Waals surface area contributed by atoms with E-state index in [0.29, 0.717) is 27.8 Å². The van der Waals surface area contributed by atoms with Crippen LogP contribution in [0.15, 0.2) is 12.1 Å². The van der Waals surface area contributed by atoms with Crippen molar-refractivity contribution < 1.29 is 9.53 Å². The fraction of sp³-hybridized carbons (Fsp3) is 0.500. The Balaban J connectivity index is 2.04. The second-order valence-corrected chi connectivity index (χ2v) is 5.57. The molecule has 1 N–H and O–H groups in total. The first-order valence-electron chi connectivity index (χ1n) is 6.61. The van der Waals surface area contributed by atoms with Crippen LogP contribution in [-0.4, -0.2) is 50.5 Å². The maximum atomic E-state index is 12.3. The highest BCUT2D eigenvalue weighted by molar-refractivity contribution is 6.37. The quantitative estimate of drug-likeness (QED) is 0.847. The van der Waals surface area contributed by atoms with Crippen molar-refractivity contribution in [3.05, 3.63) is 27.7 Å². The SMILES string of the molecule is COc1cc(Cl)cc(Cl)c1C(=O)CCN1CCNCC1. The lowest BCUT2D eigenvalue weighted by molar-refractivity contribution is 0.0958. The molecule has 0 spiro atoms. The van der Waals surface area contributed by atoms with E-state index < -0.39 is 0 Å². The van der Waals surface area contributed by atoms with Crippen LogP contribution in [0.3, 0.4) is 0 Å². The fourth-order valence-electron chi connectivity index (χ4n) is 2.30. The van der Waals surface area contributed by atoms with Gasteiger partial charge in [0.05, 0.1) is 17.7 Å². The lowest BCUT2D eigenvalue weighted by atomic mass is 10.1. The average Bonchev–Trinajstić information content (AvgIpc) is 2.45. The first-order chi connectivity index (χ1) is 9.61. The molecule has 6 heteroatoms. The first kappa shape index (κ1) is 15.6. The minimum atomic E-state index is -0.0120. The number of rotatable bonds is 5. The molecule has 0 amide bonds. The minimum absolute atomic E-state index is 0.0120. The Labute approximate surface area is 129 Å². The monoisotopic (exact) mass is 316 g/mol. The molecule has 0 aliphatic carbocycles. The molecule has 0 aromatic heterocycles. The van der Waals surface area contributed by atoms with Gasteiger partial charge in [-0.3, -0.25) is 4.79 Å². The Morgan fingerprint density at radius 2 is 2.05 bits per heavy atom. The molecule has 110 valence electrons. The van der Waals surface area contributed by atoms with E-state index in [-0.39, 0.29) is 5.78 Å². The highest BCUT2D eigenvalue weighted by Crippen LogP contribution is 2.31. The molecule has 0 bridgehead atoms. The third kappa shape index (κ3) is 3.85. The maximum absolute atomic E-state index is 12.3. The second kappa shape index (κ2) is 7.27. The van der Waals surface area contributed by atoms with E-state index in [4.69, 9.17) is 27.9 Å². The van der Waals surface area contributed by atoms with Gasteiger partial charge in [0.15, 0.2) is 5.78 Å². The standard InChI is InChI=1S/C14H18Cl2N2O2/c1-20-13-9-10(15)8-11(16)14(13)12(19)2-5-18-6-3-17-4-7-18/h8-9,17H,2-7H2,1H3. The summed E-state index contributed by atoms with van der Waals surface area (Å²) in [5.41, 5.74) is 0.425. The van der Waals surface area contributed by atoms with E-state index in [1.54, 1.807) is 12.1 Å². The summed E-state index contributed by atoms with van der Waals surface area (Å²) in [4.78, 5) is 14.6. The molecule has 2 rings (SSSR count). The average molecular weight is 317 g/mol. The van der Waals surface area contributed by atoms with Crippen LogP contribution in [0.1, 0.15) is 16.8 Å². The van der Waals surface area contributed by atoms with Crippen LogP contribution in [-0.2, 0) is 0 Å². The van der Waals surface area contributed by atoms with Crippen molar-refractivity contribution in [3.8, 4) is 5.75 Å². The molecule has 1 fully saturated rings. The van der Waals surface area contributed by atoms with Crippen molar-refractivity contribution in [2.45, 2.75) is 6.42 Å². The van der Waals surface area contributed by atoms with Crippen molar-refractivity contribution in [3.63, 3.8) is 0 Å². The van der Waals surface area contributed by atoms with E-state index in [1.807, 2.05) is 0 Å². The van der Waals surface area contributed by atoms with Crippen molar-refractivity contribution in [2.75, 3.05) is 39.8 Å². The molecule has 4 nitrogen and oxygen atoms in total. The zero-order valence-corrected chi connectivity index (χ0v) is 12.9. The number of benzene rings is 1. The number of ether oxygens (including phenoxy) is 1. The third-order valence-electron chi connectivity index (χ3n) is 3.38. The molecular weight excluding hydrogens is 299 g/mol. The summed E-state index contributed by atoms with van der Waals surface area (Å²) in [5.74, 6) is 0.426. The van der Waals surface area contributed by atoms with Gasteiger partial charge < -0.3 is 15.0 Å². The number of halogens is 2. The lowest BCUT2D eigenvalue weighted by Gasteiger charge is -2.26. The Kier molecular flexibility index (Phi) is 5.66. The van der Waals surface area contributed by atoms with Crippen LogP contribution in [0.2, 0.25) is 10.0 Å². The highest BCUT2D eigenvalue weighted by Gasteiger charge is 2.19. The molecule has 20 heavy (non-hydrogen) atoms. The highest BCUT2D eigenvalue weighted by atomic mass is 35.5. The minimum Gasteiger partial charge on any atom is -0.496 e. The van der Waals surface area contributed by atoms with Gasteiger partial charge in [0.25, 0.3) is 0 Å². The third-order valence-corrected chi connectivity index (χ3v) is 3.90. The number of ketones is 1. The first-order valence-corrected chi connectivity index (χ1v) is 7.36. The predicted molar refractivity (Wildman–Crippen MR) is 81.3 cm³/mol. The molecule has 0 radical (unpaired) electrons. The molecule has 1 saturated heterocycles. The number of hydrogen-bond acceptors (Lipinski definition) is 4. The van der Waals surface area contributed by atoms with Crippen LogP contribution in [0.4, 0.5) is 0 Å². The summed E-state index contributed by atoms with van der Waals surface area (Å²) in [6, 6.07) is 3.19. The van der Waals surface area contributed by atoms with Gasteiger partial charge >= 0.3 is 0 Å². The van der Waals surface area contributed by atoms with Gasteiger partial charge in [-0.15, -0.1) is 0 Å². The Hall–Kier alpha value is -0.810. The number of piperazine rings is 1. The molecule has 0 atom stereocenters. The Bertz CT molecular complexity index is 488. The number of methoxy groups -OCH3 is 1. The number of hydrogen-bond donors (Lipinski definition) is 1. The molecule has 1 aliphatic rings. The van der Waals surface area contributed by atoms with Crippen LogP contribution >= 0.6 is 23.2 Å². The summed E-state index contributed by atoms with van der Waals surface area (Å²) in [6.45, 7) is 4.62. The van der Waals surface area contributed by atoms with Gasteiger partial charge in [-0.2, -0.15) is 0 Å². The largest absolute Gasteiger partial charge is 0.496 e. The smallest absolute Gasteiger partial charge is 0.169 e. The molecule has 1 heterocycles. The van der Waals surface area contributed by atoms with Gasteiger partial charge in [-0.05, 0) is 12.1 Å². The normalized spacial score (nSPS) is 16.1. The molecule has 0 unspecified atom stereocenters. The predicted octanol–water partition coefficient (Wildman–Crippen LogP) is 2.48. The number of nitrogens with one attached hydrogen (secondary N) is 1. The lowest BCUT2D eigenvalue weighted by Crippen LogP contribution is -2.44. The van der Waals surface area contributed by atoms with Gasteiger partial charge in [0.2, 0.25) is 0 Å². The van der Waals surface area contributed by atoms with Gasteiger partial charge in [-0.25, -0.2) is 0 Å². The Morgan fingerprint density at radius 3 is 2.70 bits per heavy atom. The molecule has 1 aromatic rings. The summed E-state index contributed by atoms with van der Waals surface area (Å²) in [7, 11) is 1.51. The molecule has 1 aliphatic heterocycles. The zero-order valence-electron chi connectivity index (χ0n) is 11.4. The summed E-state index contributed by atoms with van der Waals surface area (Å²) in [5, 5.41) is 4.10. The summed E-state index contributed by atoms with van der Waals surface area (Å²) >= 11 is 12.0. The summed E-state index contributed by atoms with van der Waals surface area (Å²) in [6.07, 6.45) is 0.428. The van der Waals surface area contributed by atoms with Crippen LogP contribution < -0.4 is 10.1 Å². The molecule has 1 aromatic carbocycles. The van der Waals surface area contributed by atoms with Crippen LogP contribution in [0.5, 0.6) is 5.75 Å². The van der Waals surface area contributed by atoms with Crippen molar-refractivity contribution in [1.82, 2.24) is 10.2 Å². The number of Topliss-reactive ketones (excluding diaryl/α,β-unsaturated/α-hetero) is 1. The maximum Gasteiger partial charge on any atom is 0.169 e. The summed E-state index contributed by atoms with van der Waals surface area (Å²) < 4.78 is 5.21. The van der Waals surface area contributed by atoms with E-state index in [9.17, 15) is 4.79 Å². The van der Waals surface area contributed by atoms with E-state index in [0.717, 1.165) is 32.7 Å². The van der Waals surface area contributed by atoms with Crippen LogP contribution in [0.25, 0.3) is 0 Å². The number of nitrogens with zero attached hydrogens (tertiary/aromatic N) is 1. The van der Waals surface area contributed by atoms with Crippen molar-refractivity contribution in [2.24, 2.45) is 0 Å². The number of carbonyl (C=O) groups excluding carboxylic acids is 1. The number of carbonyl (C=O) groups is 1.